The van der Waals surface area contributed by atoms with Gasteiger partial charge in [0.25, 0.3) is 5.91 Å². The number of carbonyl (C=O) groups is 2. The highest BCUT2D eigenvalue weighted by Gasteiger charge is 2.30. The van der Waals surface area contributed by atoms with Crippen molar-refractivity contribution < 1.29 is 18.7 Å². The molecule has 3 heterocycles. The van der Waals surface area contributed by atoms with Crippen molar-refractivity contribution in [3.05, 3.63) is 24.2 Å². The van der Waals surface area contributed by atoms with Crippen molar-refractivity contribution in [3.8, 4) is 0 Å². The molecule has 1 N–H and O–H groups in total. The lowest BCUT2D eigenvalue weighted by Crippen LogP contribution is -2.44. The van der Waals surface area contributed by atoms with Crippen molar-refractivity contribution in [2.45, 2.75) is 19.3 Å². The summed E-state index contributed by atoms with van der Waals surface area (Å²) in [5, 5.41) is 2.93. The van der Waals surface area contributed by atoms with Crippen LogP contribution in [0.25, 0.3) is 0 Å². The molecule has 0 bridgehead atoms. The number of hydrogen-bond donors (Lipinski definition) is 1. The van der Waals surface area contributed by atoms with E-state index >= 15 is 0 Å². The van der Waals surface area contributed by atoms with E-state index in [1.165, 1.54) is 12.5 Å². The zero-order valence-electron chi connectivity index (χ0n) is 12.6. The van der Waals surface area contributed by atoms with Crippen LogP contribution in [0.15, 0.2) is 23.0 Å². The first kappa shape index (κ1) is 15.1. The summed E-state index contributed by atoms with van der Waals surface area (Å²) in [5.41, 5.74) is 0.550. The molecular formula is C16H22N2O4. The number of nitrogens with zero attached hydrogens (tertiary/aromatic N) is 1. The van der Waals surface area contributed by atoms with Gasteiger partial charge in [-0.2, -0.15) is 0 Å². The van der Waals surface area contributed by atoms with Gasteiger partial charge in [0.1, 0.15) is 6.26 Å². The Kier molecular flexibility index (Phi) is 4.77. The molecule has 1 aromatic rings. The van der Waals surface area contributed by atoms with Gasteiger partial charge in [-0.25, -0.2) is 0 Å². The smallest absolute Gasteiger partial charge is 0.254 e. The Balaban J connectivity index is 1.40. The molecule has 1 unspecified atom stereocenters. The normalized spacial score (nSPS) is 22.7. The Morgan fingerprint density at radius 2 is 2.09 bits per heavy atom. The molecular weight excluding hydrogens is 284 g/mol. The molecule has 2 fully saturated rings. The fourth-order valence-corrected chi connectivity index (χ4v) is 3.08. The molecule has 0 aromatic carbocycles. The average molecular weight is 306 g/mol. The van der Waals surface area contributed by atoms with Crippen molar-refractivity contribution in [1.82, 2.24) is 10.2 Å². The number of rotatable bonds is 4. The molecule has 6 heteroatoms. The van der Waals surface area contributed by atoms with Crippen molar-refractivity contribution >= 4 is 11.8 Å². The quantitative estimate of drug-likeness (QED) is 0.909. The summed E-state index contributed by atoms with van der Waals surface area (Å²) in [4.78, 5) is 26.1. The van der Waals surface area contributed by atoms with Gasteiger partial charge in [-0.05, 0) is 31.2 Å². The molecule has 0 spiro atoms. The molecule has 0 aliphatic carbocycles. The second kappa shape index (κ2) is 6.96. The van der Waals surface area contributed by atoms with Gasteiger partial charge >= 0.3 is 0 Å². The molecule has 2 aliphatic heterocycles. The summed E-state index contributed by atoms with van der Waals surface area (Å²) >= 11 is 0. The van der Waals surface area contributed by atoms with E-state index in [1.54, 1.807) is 6.07 Å². The molecule has 120 valence electrons. The molecule has 22 heavy (non-hydrogen) atoms. The number of piperidine rings is 1. The Morgan fingerprint density at radius 3 is 2.73 bits per heavy atom. The molecule has 1 aromatic heterocycles. The lowest BCUT2D eigenvalue weighted by molar-refractivity contribution is -0.136. The van der Waals surface area contributed by atoms with Crippen LogP contribution in [-0.4, -0.2) is 49.6 Å². The Bertz CT molecular complexity index is 500. The monoisotopic (exact) mass is 306 g/mol. The lowest BCUT2D eigenvalue weighted by Gasteiger charge is -2.33. The minimum absolute atomic E-state index is 0.0531. The van der Waals surface area contributed by atoms with Crippen LogP contribution >= 0.6 is 0 Å². The summed E-state index contributed by atoms with van der Waals surface area (Å²) in [6.07, 6.45) is 5.65. The maximum atomic E-state index is 12.3. The number of likely N-dealkylation sites (tertiary alicyclic amines) is 1. The molecule has 2 amide bonds. The third kappa shape index (κ3) is 3.50. The van der Waals surface area contributed by atoms with E-state index in [9.17, 15) is 9.59 Å². The second-order valence-corrected chi connectivity index (χ2v) is 6.05. The Labute approximate surface area is 129 Å². The summed E-state index contributed by atoms with van der Waals surface area (Å²) in [7, 11) is 0. The van der Waals surface area contributed by atoms with Crippen LogP contribution in [0.2, 0.25) is 0 Å². The molecule has 2 saturated heterocycles. The molecule has 3 rings (SSSR count). The highest BCUT2D eigenvalue weighted by atomic mass is 16.5. The van der Waals surface area contributed by atoms with Crippen LogP contribution in [0.5, 0.6) is 0 Å². The van der Waals surface area contributed by atoms with Crippen molar-refractivity contribution in [3.63, 3.8) is 0 Å². The minimum atomic E-state index is -0.102. The zero-order valence-corrected chi connectivity index (χ0v) is 12.6. The van der Waals surface area contributed by atoms with E-state index in [4.69, 9.17) is 9.15 Å². The molecule has 6 nitrogen and oxygen atoms in total. The largest absolute Gasteiger partial charge is 0.472 e. The minimum Gasteiger partial charge on any atom is -0.472 e. The number of carbonyl (C=O) groups excluding carboxylic acids is 2. The summed E-state index contributed by atoms with van der Waals surface area (Å²) in [6.45, 7) is 3.48. The van der Waals surface area contributed by atoms with E-state index in [1.807, 2.05) is 4.90 Å². The van der Waals surface area contributed by atoms with E-state index < -0.39 is 0 Å². The molecule has 2 aliphatic rings. The third-order valence-electron chi connectivity index (χ3n) is 4.54. The summed E-state index contributed by atoms with van der Waals surface area (Å²) in [6, 6.07) is 1.65. The SMILES string of the molecule is O=C(NCC1CCN(C(=O)C2CCOC2)CC1)c1ccoc1. The second-order valence-electron chi connectivity index (χ2n) is 6.05. The van der Waals surface area contributed by atoms with Crippen molar-refractivity contribution in [2.75, 3.05) is 32.8 Å². The van der Waals surface area contributed by atoms with Gasteiger partial charge in [0.05, 0.1) is 24.4 Å². The number of nitrogens with one attached hydrogen (secondary N) is 1. The maximum Gasteiger partial charge on any atom is 0.254 e. The van der Waals surface area contributed by atoms with Crippen LogP contribution in [0.3, 0.4) is 0 Å². The van der Waals surface area contributed by atoms with Crippen molar-refractivity contribution in [1.29, 1.82) is 0 Å². The zero-order chi connectivity index (χ0) is 15.4. The summed E-state index contributed by atoms with van der Waals surface area (Å²) < 4.78 is 10.2. The number of hydrogen-bond acceptors (Lipinski definition) is 4. The highest BCUT2D eigenvalue weighted by Crippen LogP contribution is 2.21. The molecule has 0 radical (unpaired) electrons. The van der Waals surface area contributed by atoms with E-state index in [0.29, 0.717) is 31.2 Å². The first-order valence-electron chi connectivity index (χ1n) is 7.91. The fourth-order valence-electron chi connectivity index (χ4n) is 3.08. The Hall–Kier alpha value is -1.82. The highest BCUT2D eigenvalue weighted by molar-refractivity contribution is 5.93. The van der Waals surface area contributed by atoms with Gasteiger partial charge < -0.3 is 19.4 Å². The molecule has 1 atom stereocenters. The van der Waals surface area contributed by atoms with Crippen LogP contribution in [0, 0.1) is 11.8 Å². The Morgan fingerprint density at radius 1 is 1.27 bits per heavy atom. The third-order valence-corrected chi connectivity index (χ3v) is 4.54. The number of ether oxygens (including phenoxy) is 1. The van der Waals surface area contributed by atoms with Gasteiger partial charge in [0, 0.05) is 26.2 Å². The van der Waals surface area contributed by atoms with Crippen LogP contribution in [0.4, 0.5) is 0 Å². The van der Waals surface area contributed by atoms with E-state index in [2.05, 4.69) is 5.32 Å². The van der Waals surface area contributed by atoms with Gasteiger partial charge in [0.15, 0.2) is 0 Å². The van der Waals surface area contributed by atoms with Crippen LogP contribution in [0.1, 0.15) is 29.6 Å². The predicted octanol–water partition coefficient (Wildman–Crippen LogP) is 1.28. The van der Waals surface area contributed by atoms with Gasteiger partial charge in [-0.15, -0.1) is 0 Å². The van der Waals surface area contributed by atoms with Crippen molar-refractivity contribution in [2.24, 2.45) is 11.8 Å². The number of amides is 2. The van der Waals surface area contributed by atoms with Crippen LogP contribution < -0.4 is 5.32 Å². The standard InChI is InChI=1S/C16H22N2O4/c19-15(13-3-7-21-10-13)17-9-12-1-5-18(6-2-12)16(20)14-4-8-22-11-14/h3,7,10,12,14H,1-2,4-6,8-9,11H2,(H,17,19). The van der Waals surface area contributed by atoms with Crippen LogP contribution in [-0.2, 0) is 9.53 Å². The lowest BCUT2D eigenvalue weighted by atomic mass is 9.95. The van der Waals surface area contributed by atoms with Gasteiger partial charge in [-0.3, -0.25) is 9.59 Å². The maximum absolute atomic E-state index is 12.3. The fraction of sp³-hybridized carbons (Fsp3) is 0.625. The first-order valence-corrected chi connectivity index (χ1v) is 7.91. The van der Waals surface area contributed by atoms with E-state index in [-0.39, 0.29) is 17.7 Å². The summed E-state index contributed by atoms with van der Waals surface area (Å²) in [5.74, 6) is 0.616. The predicted molar refractivity (Wildman–Crippen MR) is 79.3 cm³/mol. The van der Waals surface area contributed by atoms with E-state index in [0.717, 1.165) is 32.4 Å². The number of furan rings is 1. The molecule has 0 saturated carbocycles. The van der Waals surface area contributed by atoms with Gasteiger partial charge in [-0.1, -0.05) is 0 Å². The topological polar surface area (TPSA) is 71.8 Å². The average Bonchev–Trinajstić information content (AvgIpc) is 3.25. The first-order chi connectivity index (χ1) is 10.7. The van der Waals surface area contributed by atoms with Gasteiger partial charge in [0.2, 0.25) is 5.91 Å².